The second-order valence-corrected chi connectivity index (χ2v) is 4.31. The van der Waals surface area contributed by atoms with Crippen LogP contribution in [0.5, 0.6) is 0 Å². The summed E-state index contributed by atoms with van der Waals surface area (Å²) < 4.78 is 5.12. The van der Waals surface area contributed by atoms with Crippen molar-refractivity contribution in [3.8, 4) is 0 Å². The zero-order valence-corrected chi connectivity index (χ0v) is 9.45. The van der Waals surface area contributed by atoms with E-state index in [1.54, 1.807) is 20.8 Å². The van der Waals surface area contributed by atoms with Crippen molar-refractivity contribution in [1.82, 2.24) is 0 Å². The Kier molecular flexibility index (Phi) is 5.05. The van der Waals surface area contributed by atoms with Gasteiger partial charge in [-0.2, -0.15) is 0 Å². The summed E-state index contributed by atoms with van der Waals surface area (Å²) in [7, 11) is 0. The van der Waals surface area contributed by atoms with Crippen molar-refractivity contribution in [3.63, 3.8) is 0 Å². The van der Waals surface area contributed by atoms with Gasteiger partial charge in [0, 0.05) is 6.42 Å². The standard InChI is InChI=1S/C11H18O4/c1-5-8(6-7-9(12)13)10(14)15-11(2,3)4/h5,8H,1,6-7H2,2-4H3,(H,12,13). The minimum atomic E-state index is -0.926. The van der Waals surface area contributed by atoms with Crippen LogP contribution in [-0.2, 0) is 14.3 Å². The lowest BCUT2D eigenvalue weighted by Gasteiger charge is -2.22. The molecule has 0 aliphatic heterocycles. The van der Waals surface area contributed by atoms with Crippen molar-refractivity contribution < 1.29 is 19.4 Å². The Bertz CT molecular complexity index is 250. The van der Waals surface area contributed by atoms with Crippen molar-refractivity contribution in [3.05, 3.63) is 12.7 Å². The number of carbonyl (C=O) groups excluding carboxylic acids is 1. The molecular formula is C11H18O4. The molecular weight excluding hydrogens is 196 g/mol. The van der Waals surface area contributed by atoms with Crippen molar-refractivity contribution in [1.29, 1.82) is 0 Å². The van der Waals surface area contributed by atoms with Gasteiger partial charge in [-0.05, 0) is 27.2 Å². The van der Waals surface area contributed by atoms with Crippen molar-refractivity contribution >= 4 is 11.9 Å². The molecule has 0 fully saturated rings. The Morgan fingerprint density at radius 1 is 1.47 bits per heavy atom. The maximum absolute atomic E-state index is 11.5. The number of hydrogen-bond donors (Lipinski definition) is 1. The number of aliphatic carboxylic acids is 1. The van der Waals surface area contributed by atoms with E-state index in [4.69, 9.17) is 9.84 Å². The van der Waals surface area contributed by atoms with E-state index in [0.29, 0.717) is 0 Å². The van der Waals surface area contributed by atoms with E-state index in [9.17, 15) is 9.59 Å². The minimum Gasteiger partial charge on any atom is -0.481 e. The third-order valence-electron chi connectivity index (χ3n) is 1.66. The van der Waals surface area contributed by atoms with Gasteiger partial charge in [0.05, 0.1) is 5.92 Å². The molecule has 0 spiro atoms. The fourth-order valence-corrected chi connectivity index (χ4v) is 0.988. The highest BCUT2D eigenvalue weighted by atomic mass is 16.6. The normalized spacial score (nSPS) is 13.0. The van der Waals surface area contributed by atoms with Crippen LogP contribution in [0.2, 0.25) is 0 Å². The lowest BCUT2D eigenvalue weighted by molar-refractivity contribution is -0.158. The molecule has 0 bridgehead atoms. The zero-order valence-electron chi connectivity index (χ0n) is 9.45. The van der Waals surface area contributed by atoms with Gasteiger partial charge in [-0.15, -0.1) is 6.58 Å². The van der Waals surface area contributed by atoms with Crippen LogP contribution in [0.4, 0.5) is 0 Å². The molecule has 4 heteroatoms. The van der Waals surface area contributed by atoms with Crippen LogP contribution in [0.1, 0.15) is 33.6 Å². The van der Waals surface area contributed by atoms with Gasteiger partial charge in [0.15, 0.2) is 0 Å². The molecule has 0 amide bonds. The van der Waals surface area contributed by atoms with E-state index in [1.807, 2.05) is 0 Å². The van der Waals surface area contributed by atoms with E-state index >= 15 is 0 Å². The fourth-order valence-electron chi connectivity index (χ4n) is 0.988. The lowest BCUT2D eigenvalue weighted by atomic mass is 10.0. The van der Waals surface area contributed by atoms with E-state index in [-0.39, 0.29) is 12.8 Å². The first-order chi connectivity index (χ1) is 6.76. The molecule has 0 aromatic carbocycles. The number of hydrogen-bond acceptors (Lipinski definition) is 3. The first-order valence-electron chi connectivity index (χ1n) is 4.83. The van der Waals surface area contributed by atoms with Gasteiger partial charge >= 0.3 is 11.9 Å². The smallest absolute Gasteiger partial charge is 0.313 e. The minimum absolute atomic E-state index is 0.0596. The zero-order chi connectivity index (χ0) is 12.1. The number of rotatable bonds is 5. The monoisotopic (exact) mass is 214 g/mol. The SMILES string of the molecule is C=CC(CCC(=O)O)C(=O)OC(C)(C)C. The van der Waals surface area contributed by atoms with E-state index in [0.717, 1.165) is 0 Å². The maximum atomic E-state index is 11.5. The molecule has 0 aliphatic rings. The Labute approximate surface area is 89.9 Å². The predicted molar refractivity (Wildman–Crippen MR) is 56.4 cm³/mol. The number of esters is 1. The molecule has 86 valence electrons. The van der Waals surface area contributed by atoms with Gasteiger partial charge in [-0.25, -0.2) is 0 Å². The lowest BCUT2D eigenvalue weighted by Crippen LogP contribution is -2.28. The van der Waals surface area contributed by atoms with Crippen LogP contribution < -0.4 is 0 Å². The number of carboxylic acid groups (broad SMARTS) is 1. The van der Waals surface area contributed by atoms with Gasteiger partial charge < -0.3 is 9.84 Å². The summed E-state index contributed by atoms with van der Waals surface area (Å²) >= 11 is 0. The second kappa shape index (κ2) is 5.53. The fraction of sp³-hybridized carbons (Fsp3) is 0.636. The molecule has 0 rings (SSSR count). The van der Waals surface area contributed by atoms with Crippen LogP contribution in [0.25, 0.3) is 0 Å². The Morgan fingerprint density at radius 2 is 2.00 bits per heavy atom. The summed E-state index contributed by atoms with van der Waals surface area (Å²) in [5, 5.41) is 8.49. The first-order valence-corrected chi connectivity index (χ1v) is 4.83. The maximum Gasteiger partial charge on any atom is 0.313 e. The van der Waals surface area contributed by atoms with Crippen molar-refractivity contribution in [2.75, 3.05) is 0 Å². The molecule has 1 N–H and O–H groups in total. The largest absolute Gasteiger partial charge is 0.481 e. The molecule has 4 nitrogen and oxygen atoms in total. The van der Waals surface area contributed by atoms with Gasteiger partial charge in [0.1, 0.15) is 5.60 Å². The van der Waals surface area contributed by atoms with E-state index in [1.165, 1.54) is 6.08 Å². The summed E-state index contributed by atoms with van der Waals surface area (Å²) in [4.78, 5) is 21.9. The molecule has 0 saturated heterocycles. The van der Waals surface area contributed by atoms with Gasteiger partial charge in [-0.3, -0.25) is 9.59 Å². The number of ether oxygens (including phenoxy) is 1. The summed E-state index contributed by atoms with van der Waals surface area (Å²) in [6, 6.07) is 0. The van der Waals surface area contributed by atoms with Crippen LogP contribution >= 0.6 is 0 Å². The van der Waals surface area contributed by atoms with Crippen molar-refractivity contribution in [2.45, 2.75) is 39.2 Å². The number of carbonyl (C=O) groups is 2. The molecule has 0 heterocycles. The summed E-state index contributed by atoms with van der Waals surface area (Å²) in [5.41, 5.74) is -0.554. The second-order valence-electron chi connectivity index (χ2n) is 4.31. The summed E-state index contributed by atoms with van der Waals surface area (Å²) in [5.74, 6) is -1.88. The third kappa shape index (κ3) is 6.71. The highest BCUT2D eigenvalue weighted by Crippen LogP contribution is 2.15. The molecule has 15 heavy (non-hydrogen) atoms. The predicted octanol–water partition coefficient (Wildman–Crippen LogP) is 2.00. The number of carboxylic acids is 1. The van der Waals surface area contributed by atoms with Crippen molar-refractivity contribution in [2.24, 2.45) is 5.92 Å². The van der Waals surface area contributed by atoms with Gasteiger partial charge in [-0.1, -0.05) is 6.08 Å². The van der Waals surface area contributed by atoms with Crippen LogP contribution in [-0.4, -0.2) is 22.6 Å². The molecule has 0 aromatic rings. The molecule has 1 unspecified atom stereocenters. The molecule has 0 radical (unpaired) electrons. The Balaban J connectivity index is 4.23. The quantitative estimate of drug-likeness (QED) is 0.561. The van der Waals surface area contributed by atoms with Crippen LogP contribution in [0.3, 0.4) is 0 Å². The Hall–Kier alpha value is -1.32. The topological polar surface area (TPSA) is 63.6 Å². The van der Waals surface area contributed by atoms with E-state index < -0.39 is 23.5 Å². The first kappa shape index (κ1) is 13.7. The van der Waals surface area contributed by atoms with Crippen LogP contribution in [0, 0.1) is 5.92 Å². The highest BCUT2D eigenvalue weighted by Gasteiger charge is 2.23. The average Bonchev–Trinajstić information content (AvgIpc) is 2.01. The van der Waals surface area contributed by atoms with E-state index in [2.05, 4.69) is 6.58 Å². The van der Waals surface area contributed by atoms with Gasteiger partial charge in [0.2, 0.25) is 0 Å². The molecule has 0 aromatic heterocycles. The molecule has 0 aliphatic carbocycles. The average molecular weight is 214 g/mol. The highest BCUT2D eigenvalue weighted by molar-refractivity contribution is 5.76. The Morgan fingerprint density at radius 3 is 2.33 bits per heavy atom. The molecule has 1 atom stereocenters. The summed E-state index contributed by atoms with van der Waals surface area (Å²) in [6.45, 7) is 8.79. The van der Waals surface area contributed by atoms with Crippen LogP contribution in [0.15, 0.2) is 12.7 Å². The molecule has 0 saturated carbocycles. The summed E-state index contributed by atoms with van der Waals surface area (Å²) in [6.07, 6.45) is 1.60. The van der Waals surface area contributed by atoms with Gasteiger partial charge in [0.25, 0.3) is 0 Å². The third-order valence-corrected chi connectivity index (χ3v) is 1.66.